The maximum Gasteiger partial charge on any atom is 0.123 e. The Morgan fingerprint density at radius 3 is 2.35 bits per heavy atom. The Kier molecular flexibility index (Phi) is 5.45. The third-order valence-corrected chi connectivity index (χ3v) is 4.16. The van der Waals surface area contributed by atoms with Gasteiger partial charge in [0.1, 0.15) is 5.82 Å². The number of alkyl halides is 1. The standard InChI is InChI=1S/C17H17Cl2F/c1-12-2-5-15(17(19)8-12)10-14(11-18)9-13-3-6-16(20)7-4-13/h2-8,14H,9-11H2,1H3. The molecule has 0 aliphatic carbocycles. The summed E-state index contributed by atoms with van der Waals surface area (Å²) in [6, 6.07) is 12.7. The minimum Gasteiger partial charge on any atom is -0.207 e. The Labute approximate surface area is 129 Å². The van der Waals surface area contributed by atoms with Gasteiger partial charge >= 0.3 is 0 Å². The molecule has 0 saturated heterocycles. The molecule has 2 rings (SSSR count). The molecule has 0 radical (unpaired) electrons. The fraction of sp³-hybridized carbons (Fsp3) is 0.294. The molecule has 0 N–H and O–H groups in total. The van der Waals surface area contributed by atoms with Gasteiger partial charge in [0.05, 0.1) is 0 Å². The van der Waals surface area contributed by atoms with Crippen molar-refractivity contribution >= 4 is 23.2 Å². The van der Waals surface area contributed by atoms with E-state index in [2.05, 4.69) is 12.1 Å². The average molecular weight is 311 g/mol. The van der Waals surface area contributed by atoms with Gasteiger partial charge in [-0.2, -0.15) is 0 Å². The third-order valence-electron chi connectivity index (χ3n) is 3.37. The molecule has 1 atom stereocenters. The molecule has 0 aliphatic heterocycles. The minimum atomic E-state index is -0.210. The summed E-state index contributed by atoms with van der Waals surface area (Å²) in [6.45, 7) is 2.02. The smallest absolute Gasteiger partial charge is 0.123 e. The van der Waals surface area contributed by atoms with Crippen LogP contribution in [0.25, 0.3) is 0 Å². The van der Waals surface area contributed by atoms with Crippen LogP contribution < -0.4 is 0 Å². The molecule has 0 amide bonds. The second-order valence-corrected chi connectivity index (χ2v) is 5.87. The second kappa shape index (κ2) is 7.10. The molecule has 2 aromatic carbocycles. The number of hydrogen-bond donors (Lipinski definition) is 0. The zero-order valence-electron chi connectivity index (χ0n) is 11.4. The lowest BCUT2D eigenvalue weighted by molar-refractivity contribution is 0.581. The molecule has 0 aromatic heterocycles. The topological polar surface area (TPSA) is 0 Å². The van der Waals surface area contributed by atoms with Crippen molar-refractivity contribution in [2.75, 3.05) is 5.88 Å². The fourth-order valence-electron chi connectivity index (χ4n) is 2.26. The molecule has 0 heterocycles. The highest BCUT2D eigenvalue weighted by Crippen LogP contribution is 2.23. The van der Waals surface area contributed by atoms with Crippen LogP contribution in [0.3, 0.4) is 0 Å². The Morgan fingerprint density at radius 1 is 1.05 bits per heavy atom. The fourth-order valence-corrected chi connectivity index (χ4v) is 2.79. The van der Waals surface area contributed by atoms with Crippen LogP contribution in [-0.4, -0.2) is 5.88 Å². The van der Waals surface area contributed by atoms with Crippen LogP contribution in [0.15, 0.2) is 42.5 Å². The maximum absolute atomic E-state index is 12.9. The van der Waals surface area contributed by atoms with E-state index in [0.29, 0.717) is 11.8 Å². The second-order valence-electron chi connectivity index (χ2n) is 5.15. The van der Waals surface area contributed by atoms with E-state index in [1.807, 2.05) is 25.1 Å². The summed E-state index contributed by atoms with van der Waals surface area (Å²) in [7, 11) is 0. The van der Waals surface area contributed by atoms with Gasteiger partial charge in [0, 0.05) is 10.9 Å². The van der Waals surface area contributed by atoms with Crippen LogP contribution in [-0.2, 0) is 12.8 Å². The SMILES string of the molecule is Cc1ccc(CC(CCl)Cc2ccc(F)cc2)c(Cl)c1. The number of benzene rings is 2. The Bertz CT molecular complexity index is 564. The predicted octanol–water partition coefficient (Wildman–Crippen LogP) is 5.43. The van der Waals surface area contributed by atoms with Gasteiger partial charge in [0.25, 0.3) is 0 Å². The zero-order chi connectivity index (χ0) is 14.5. The van der Waals surface area contributed by atoms with E-state index in [1.54, 1.807) is 0 Å². The average Bonchev–Trinajstić information content (AvgIpc) is 2.43. The van der Waals surface area contributed by atoms with E-state index in [-0.39, 0.29) is 5.82 Å². The molecular weight excluding hydrogens is 294 g/mol. The van der Waals surface area contributed by atoms with Crippen molar-refractivity contribution in [3.63, 3.8) is 0 Å². The lowest BCUT2D eigenvalue weighted by Crippen LogP contribution is -2.10. The van der Waals surface area contributed by atoms with Gasteiger partial charge in [-0.05, 0) is 60.6 Å². The summed E-state index contributed by atoms with van der Waals surface area (Å²) in [5.74, 6) is 0.641. The molecule has 106 valence electrons. The predicted molar refractivity (Wildman–Crippen MR) is 84.2 cm³/mol. The van der Waals surface area contributed by atoms with Crippen LogP contribution in [0.5, 0.6) is 0 Å². The molecular formula is C17H17Cl2F. The van der Waals surface area contributed by atoms with Crippen LogP contribution >= 0.6 is 23.2 Å². The van der Waals surface area contributed by atoms with Crippen molar-refractivity contribution in [2.24, 2.45) is 5.92 Å². The summed E-state index contributed by atoms with van der Waals surface area (Å²) in [5.41, 5.74) is 3.37. The summed E-state index contributed by atoms with van der Waals surface area (Å²) in [4.78, 5) is 0. The first-order chi connectivity index (χ1) is 9.58. The van der Waals surface area contributed by atoms with E-state index < -0.39 is 0 Å². The van der Waals surface area contributed by atoms with E-state index in [4.69, 9.17) is 23.2 Å². The Hall–Kier alpha value is -1.05. The van der Waals surface area contributed by atoms with Crippen molar-refractivity contribution in [2.45, 2.75) is 19.8 Å². The molecule has 0 aliphatic rings. The van der Waals surface area contributed by atoms with Gasteiger partial charge in [0.2, 0.25) is 0 Å². The molecule has 0 spiro atoms. The Morgan fingerprint density at radius 2 is 1.75 bits per heavy atom. The van der Waals surface area contributed by atoms with Gasteiger partial charge < -0.3 is 0 Å². The third kappa shape index (κ3) is 4.22. The summed E-state index contributed by atoms with van der Waals surface area (Å²) >= 11 is 12.3. The van der Waals surface area contributed by atoms with E-state index in [9.17, 15) is 4.39 Å². The Balaban J connectivity index is 2.07. The highest BCUT2D eigenvalue weighted by molar-refractivity contribution is 6.31. The van der Waals surface area contributed by atoms with E-state index >= 15 is 0 Å². The quantitative estimate of drug-likeness (QED) is 0.646. The van der Waals surface area contributed by atoms with Crippen molar-refractivity contribution in [3.05, 3.63) is 70.0 Å². The summed E-state index contributed by atoms with van der Waals surface area (Å²) in [5, 5.41) is 0.791. The zero-order valence-corrected chi connectivity index (χ0v) is 12.9. The molecule has 0 nitrogen and oxygen atoms in total. The van der Waals surface area contributed by atoms with Gasteiger partial charge in [-0.1, -0.05) is 35.9 Å². The van der Waals surface area contributed by atoms with Crippen molar-refractivity contribution in [3.8, 4) is 0 Å². The van der Waals surface area contributed by atoms with Crippen molar-refractivity contribution < 1.29 is 4.39 Å². The lowest BCUT2D eigenvalue weighted by atomic mass is 9.93. The minimum absolute atomic E-state index is 0.210. The van der Waals surface area contributed by atoms with Crippen LogP contribution in [0.1, 0.15) is 16.7 Å². The lowest BCUT2D eigenvalue weighted by Gasteiger charge is -2.15. The highest BCUT2D eigenvalue weighted by atomic mass is 35.5. The molecule has 0 saturated carbocycles. The molecule has 20 heavy (non-hydrogen) atoms. The number of rotatable bonds is 5. The van der Waals surface area contributed by atoms with Crippen molar-refractivity contribution in [1.29, 1.82) is 0 Å². The molecule has 3 heteroatoms. The first-order valence-corrected chi connectivity index (χ1v) is 7.55. The van der Waals surface area contributed by atoms with Crippen LogP contribution in [0.2, 0.25) is 5.02 Å². The van der Waals surface area contributed by atoms with Gasteiger partial charge in [-0.15, -0.1) is 11.6 Å². The van der Waals surface area contributed by atoms with Gasteiger partial charge in [0.15, 0.2) is 0 Å². The summed E-state index contributed by atoms with van der Waals surface area (Å²) in [6.07, 6.45) is 1.66. The molecule has 0 fully saturated rings. The first-order valence-electron chi connectivity index (χ1n) is 6.64. The maximum atomic E-state index is 12.9. The van der Waals surface area contributed by atoms with Gasteiger partial charge in [-0.25, -0.2) is 4.39 Å². The van der Waals surface area contributed by atoms with Crippen LogP contribution in [0, 0.1) is 18.7 Å². The highest BCUT2D eigenvalue weighted by Gasteiger charge is 2.12. The number of halogens is 3. The van der Waals surface area contributed by atoms with Crippen LogP contribution in [0.4, 0.5) is 4.39 Å². The van der Waals surface area contributed by atoms with Gasteiger partial charge in [-0.3, -0.25) is 0 Å². The molecule has 2 aromatic rings. The summed E-state index contributed by atoms with van der Waals surface area (Å²) < 4.78 is 12.9. The first kappa shape index (κ1) is 15.3. The molecule has 1 unspecified atom stereocenters. The van der Waals surface area contributed by atoms with E-state index in [0.717, 1.165) is 34.6 Å². The number of aryl methyl sites for hydroxylation is 1. The molecule has 0 bridgehead atoms. The normalized spacial score (nSPS) is 12.4. The monoisotopic (exact) mass is 310 g/mol. The largest absolute Gasteiger partial charge is 0.207 e. The number of hydrogen-bond acceptors (Lipinski definition) is 0. The van der Waals surface area contributed by atoms with Crippen molar-refractivity contribution in [1.82, 2.24) is 0 Å². The van der Waals surface area contributed by atoms with E-state index in [1.165, 1.54) is 12.1 Å².